The average molecular weight is 681 g/mol. The highest BCUT2D eigenvalue weighted by atomic mass is 127. The third kappa shape index (κ3) is 4.59. The zero-order chi connectivity index (χ0) is 23.1. The molecule has 0 heterocycles. The number of anilines is 2. The minimum atomic E-state index is -6.23. The van der Waals surface area contributed by atoms with Gasteiger partial charge in [-0.05, 0) is 69.4 Å². The second-order valence-electron chi connectivity index (χ2n) is 5.84. The lowest BCUT2D eigenvalue weighted by Gasteiger charge is -2.31. The molecule has 13 heteroatoms. The van der Waals surface area contributed by atoms with Crippen LogP contribution in [-0.2, 0) is 5.67 Å². The number of hydrogen-bond donors (Lipinski definition) is 2. The van der Waals surface area contributed by atoms with Crippen LogP contribution in [0.4, 0.5) is 42.1 Å². The van der Waals surface area contributed by atoms with Gasteiger partial charge in [0.25, 0.3) is 5.91 Å². The summed E-state index contributed by atoms with van der Waals surface area (Å²) in [5.41, 5.74) is -6.83. The van der Waals surface area contributed by atoms with Gasteiger partial charge >= 0.3 is 18.0 Å². The lowest BCUT2D eigenvalue weighted by Crippen LogP contribution is -2.50. The Labute approximate surface area is 198 Å². The van der Waals surface area contributed by atoms with Crippen molar-refractivity contribution in [3.63, 3.8) is 0 Å². The second kappa shape index (κ2) is 8.84. The molecule has 2 aromatic carbocycles. The van der Waals surface area contributed by atoms with Crippen molar-refractivity contribution in [2.45, 2.75) is 18.0 Å². The van der Waals surface area contributed by atoms with Gasteiger partial charge in [-0.3, -0.25) is 4.79 Å². The number of carbonyl (C=O) groups excluding carboxylic acids is 1. The summed E-state index contributed by atoms with van der Waals surface area (Å²) in [4.78, 5) is 12.5. The van der Waals surface area contributed by atoms with Crippen LogP contribution in [0.1, 0.15) is 15.9 Å². The lowest BCUT2D eigenvalue weighted by molar-refractivity contribution is -0.348. The van der Waals surface area contributed by atoms with Crippen LogP contribution in [0.15, 0.2) is 30.3 Å². The number of hydrogen-bond acceptors (Lipinski definition) is 2. The van der Waals surface area contributed by atoms with Crippen LogP contribution in [-0.4, -0.2) is 25.3 Å². The predicted molar refractivity (Wildman–Crippen MR) is 116 cm³/mol. The van der Waals surface area contributed by atoms with Gasteiger partial charge in [0.2, 0.25) is 0 Å². The molecule has 2 N–H and O–H groups in total. The van der Waals surface area contributed by atoms with Crippen molar-refractivity contribution in [1.29, 1.82) is 0 Å². The highest BCUT2D eigenvalue weighted by molar-refractivity contribution is 14.1. The van der Waals surface area contributed by atoms with Crippen molar-refractivity contribution < 1.29 is 35.5 Å². The molecule has 0 saturated heterocycles. The average Bonchev–Trinajstić information content (AvgIpc) is 2.61. The Kier molecular flexibility index (Phi) is 7.44. The lowest BCUT2D eigenvalue weighted by atomic mass is 9.94. The van der Waals surface area contributed by atoms with E-state index in [0.29, 0.717) is 17.8 Å². The SMILES string of the molecule is CNc1cccc(C(=O)Nc2c(I)cc(C(F)(C(F)(F)F)C(F)(F)F)cc2I)c1Cl. The first-order valence-electron chi connectivity index (χ1n) is 7.74. The molecule has 2 aromatic rings. The number of nitrogens with one attached hydrogen (secondary N) is 2. The molecule has 0 aliphatic heterocycles. The maximum absolute atomic E-state index is 14.3. The van der Waals surface area contributed by atoms with Gasteiger partial charge in [0.05, 0.1) is 22.0 Å². The van der Waals surface area contributed by atoms with Crippen molar-refractivity contribution in [3.05, 3.63) is 53.6 Å². The van der Waals surface area contributed by atoms with Crippen molar-refractivity contribution in [2.24, 2.45) is 0 Å². The van der Waals surface area contributed by atoms with Crippen LogP contribution in [0.25, 0.3) is 0 Å². The van der Waals surface area contributed by atoms with E-state index in [0.717, 1.165) is 0 Å². The zero-order valence-electron chi connectivity index (χ0n) is 14.6. The van der Waals surface area contributed by atoms with E-state index in [1.165, 1.54) is 57.3 Å². The molecule has 0 aliphatic carbocycles. The number of halogens is 10. The molecule has 0 fully saturated rings. The molecule has 0 spiro atoms. The molecule has 0 bridgehead atoms. The van der Waals surface area contributed by atoms with Gasteiger partial charge in [-0.25, -0.2) is 4.39 Å². The fourth-order valence-corrected chi connectivity index (χ4v) is 4.80. The maximum Gasteiger partial charge on any atom is 0.435 e. The first-order chi connectivity index (χ1) is 13.6. The van der Waals surface area contributed by atoms with Crippen LogP contribution in [0.5, 0.6) is 0 Å². The summed E-state index contributed by atoms with van der Waals surface area (Å²) in [6.45, 7) is 0. The van der Waals surface area contributed by atoms with E-state index in [-0.39, 0.29) is 23.4 Å². The Morgan fingerprint density at radius 2 is 1.47 bits per heavy atom. The fourth-order valence-electron chi connectivity index (χ4n) is 2.46. The molecular weight excluding hydrogens is 670 g/mol. The van der Waals surface area contributed by atoms with Gasteiger partial charge in [-0.2, -0.15) is 26.3 Å². The van der Waals surface area contributed by atoms with Gasteiger partial charge in [-0.1, -0.05) is 17.7 Å². The van der Waals surface area contributed by atoms with E-state index in [2.05, 4.69) is 10.6 Å². The summed E-state index contributed by atoms with van der Waals surface area (Å²) >= 11 is 8.94. The van der Waals surface area contributed by atoms with Crippen LogP contribution in [0.3, 0.4) is 0 Å². The Hall–Kier alpha value is -1.03. The summed E-state index contributed by atoms with van der Waals surface area (Å²) < 4.78 is 91.9. The number of carbonyl (C=O) groups is 1. The highest BCUT2D eigenvalue weighted by Crippen LogP contribution is 2.54. The van der Waals surface area contributed by atoms with E-state index in [4.69, 9.17) is 11.6 Å². The number of rotatable bonds is 4. The number of amides is 1. The minimum absolute atomic E-state index is 0.0182. The Balaban J connectivity index is 2.51. The van der Waals surface area contributed by atoms with Crippen molar-refractivity contribution in [3.8, 4) is 0 Å². The normalized spacial score (nSPS) is 12.6. The third-order valence-electron chi connectivity index (χ3n) is 3.97. The van der Waals surface area contributed by atoms with Gasteiger partial charge in [0.15, 0.2) is 0 Å². The van der Waals surface area contributed by atoms with E-state index in [1.54, 1.807) is 13.1 Å². The Morgan fingerprint density at radius 1 is 0.967 bits per heavy atom. The quantitative estimate of drug-likeness (QED) is 0.267. The standard InChI is InChI=1S/C17H10ClF7I2N2O/c1-28-11-4-2-3-8(12(11)18)14(30)29-13-9(26)5-7(6-10(13)27)15(19,16(20,21)22)17(23,24)25/h2-6,28H,1H3,(H,29,30). The summed E-state index contributed by atoms with van der Waals surface area (Å²) in [5, 5.41) is 5.22. The summed E-state index contributed by atoms with van der Waals surface area (Å²) in [6, 6.07) is 5.29. The van der Waals surface area contributed by atoms with Crippen LogP contribution < -0.4 is 10.6 Å². The predicted octanol–water partition coefficient (Wildman–Crippen LogP) is 7.13. The molecule has 1 amide bonds. The van der Waals surface area contributed by atoms with Crippen LogP contribution in [0.2, 0.25) is 5.02 Å². The first-order valence-corrected chi connectivity index (χ1v) is 10.3. The fraction of sp³-hybridized carbons (Fsp3) is 0.235. The van der Waals surface area contributed by atoms with Gasteiger partial charge in [-0.15, -0.1) is 0 Å². The van der Waals surface area contributed by atoms with Crippen molar-refractivity contribution in [2.75, 3.05) is 17.7 Å². The molecule has 3 nitrogen and oxygen atoms in total. The topological polar surface area (TPSA) is 41.1 Å². The monoisotopic (exact) mass is 680 g/mol. The number of alkyl halides is 7. The third-order valence-corrected chi connectivity index (χ3v) is 6.08. The highest BCUT2D eigenvalue weighted by Gasteiger charge is 2.73. The molecular formula is C17H10ClF7I2N2O. The molecule has 0 aromatic heterocycles. The summed E-state index contributed by atoms with van der Waals surface area (Å²) in [6.07, 6.45) is -12.5. The Morgan fingerprint density at radius 3 is 1.90 bits per heavy atom. The molecule has 0 aliphatic rings. The molecule has 0 atom stereocenters. The smallest absolute Gasteiger partial charge is 0.387 e. The Bertz CT molecular complexity index is 943. The molecule has 0 unspecified atom stereocenters. The molecule has 0 saturated carbocycles. The van der Waals surface area contributed by atoms with Gasteiger partial charge in [0, 0.05) is 19.8 Å². The van der Waals surface area contributed by atoms with E-state index in [1.807, 2.05) is 0 Å². The summed E-state index contributed by atoms with van der Waals surface area (Å²) in [5.74, 6) is -0.751. The van der Waals surface area contributed by atoms with Crippen LogP contribution in [0, 0.1) is 7.14 Å². The largest absolute Gasteiger partial charge is 0.435 e. The molecule has 2 rings (SSSR count). The molecule has 30 heavy (non-hydrogen) atoms. The van der Waals surface area contributed by atoms with Gasteiger partial charge in [0.1, 0.15) is 0 Å². The van der Waals surface area contributed by atoms with E-state index < -0.39 is 29.5 Å². The van der Waals surface area contributed by atoms with Crippen molar-refractivity contribution >= 4 is 74.1 Å². The second-order valence-corrected chi connectivity index (χ2v) is 8.54. The molecule has 0 radical (unpaired) electrons. The van der Waals surface area contributed by atoms with Gasteiger partial charge < -0.3 is 10.6 Å². The zero-order valence-corrected chi connectivity index (χ0v) is 19.6. The van der Waals surface area contributed by atoms with E-state index >= 15 is 0 Å². The molecule has 164 valence electrons. The van der Waals surface area contributed by atoms with Crippen molar-refractivity contribution in [1.82, 2.24) is 0 Å². The first kappa shape index (κ1) is 25.2. The maximum atomic E-state index is 14.3. The minimum Gasteiger partial charge on any atom is -0.387 e. The van der Waals surface area contributed by atoms with Crippen LogP contribution >= 0.6 is 56.8 Å². The summed E-state index contributed by atoms with van der Waals surface area (Å²) in [7, 11) is 1.57. The van der Waals surface area contributed by atoms with E-state index in [9.17, 15) is 35.5 Å². The number of benzene rings is 2.